The Morgan fingerprint density at radius 2 is 2.27 bits per heavy atom. The maximum absolute atomic E-state index is 4.31. The third-order valence-corrected chi connectivity index (χ3v) is 3.56. The first kappa shape index (κ1) is 11.1. The monoisotopic (exact) mass is 268 g/mol. The molecule has 0 unspecified atom stereocenters. The zero-order valence-corrected chi connectivity index (χ0v) is 10.9. The molecule has 1 aromatic rings. The molecular weight excluding hydrogens is 252 g/mol. The highest BCUT2D eigenvalue weighted by atomic mass is 79.9. The molecule has 1 fully saturated rings. The van der Waals surface area contributed by atoms with Gasteiger partial charge in [0.15, 0.2) is 0 Å². The van der Waals surface area contributed by atoms with E-state index in [9.17, 15) is 0 Å². The van der Waals surface area contributed by atoms with Crippen molar-refractivity contribution in [1.29, 1.82) is 0 Å². The fourth-order valence-electron chi connectivity index (χ4n) is 2.35. The molecule has 2 rings (SSSR count). The largest absolute Gasteiger partial charge is 0.294 e. The summed E-state index contributed by atoms with van der Waals surface area (Å²) in [4.78, 5) is 6.87. The molecule has 0 N–H and O–H groups in total. The molecule has 0 amide bonds. The highest BCUT2D eigenvalue weighted by molar-refractivity contribution is 9.10. The van der Waals surface area contributed by atoms with E-state index in [1.54, 1.807) is 0 Å². The molecule has 0 saturated carbocycles. The Labute approximate surface area is 99.8 Å². The van der Waals surface area contributed by atoms with Crippen LogP contribution in [0.4, 0.5) is 0 Å². The zero-order valence-electron chi connectivity index (χ0n) is 9.28. The molecular formula is C12H17BrN2. The van der Waals surface area contributed by atoms with Crippen LogP contribution in [0.25, 0.3) is 0 Å². The van der Waals surface area contributed by atoms with Crippen LogP contribution in [0.3, 0.4) is 0 Å². The minimum atomic E-state index is 0.575. The Morgan fingerprint density at radius 3 is 2.87 bits per heavy atom. The molecule has 1 aliphatic rings. The van der Waals surface area contributed by atoms with E-state index in [-0.39, 0.29) is 0 Å². The second-order valence-corrected chi connectivity index (χ2v) is 5.22. The topological polar surface area (TPSA) is 16.1 Å². The van der Waals surface area contributed by atoms with Crippen LogP contribution in [0.2, 0.25) is 0 Å². The Morgan fingerprint density at radius 1 is 1.47 bits per heavy atom. The van der Waals surface area contributed by atoms with Gasteiger partial charge in [0.1, 0.15) is 4.60 Å². The van der Waals surface area contributed by atoms with Crippen LogP contribution in [0.15, 0.2) is 22.9 Å². The zero-order chi connectivity index (χ0) is 10.8. The van der Waals surface area contributed by atoms with Gasteiger partial charge in [0.2, 0.25) is 0 Å². The summed E-state index contributed by atoms with van der Waals surface area (Å²) in [5, 5.41) is 0. The van der Waals surface area contributed by atoms with E-state index in [4.69, 9.17) is 0 Å². The van der Waals surface area contributed by atoms with Crippen LogP contribution in [0, 0.1) is 0 Å². The predicted molar refractivity (Wildman–Crippen MR) is 65.8 cm³/mol. The van der Waals surface area contributed by atoms with Gasteiger partial charge >= 0.3 is 0 Å². The maximum atomic E-state index is 4.31. The highest BCUT2D eigenvalue weighted by Gasteiger charge is 2.27. The van der Waals surface area contributed by atoms with Crippen LogP contribution in [-0.2, 0) is 0 Å². The van der Waals surface area contributed by atoms with E-state index in [0.29, 0.717) is 12.1 Å². The summed E-state index contributed by atoms with van der Waals surface area (Å²) in [5.74, 6) is 0. The third kappa shape index (κ3) is 2.40. The summed E-state index contributed by atoms with van der Waals surface area (Å²) >= 11 is 3.37. The molecule has 0 aromatic carbocycles. The van der Waals surface area contributed by atoms with E-state index in [0.717, 1.165) is 4.60 Å². The first-order valence-electron chi connectivity index (χ1n) is 5.55. The van der Waals surface area contributed by atoms with E-state index in [1.165, 1.54) is 24.9 Å². The normalized spacial score (nSPS) is 22.5. The van der Waals surface area contributed by atoms with Crippen molar-refractivity contribution in [3.63, 3.8) is 0 Å². The maximum Gasteiger partial charge on any atom is 0.106 e. The average Bonchev–Trinajstić information content (AvgIpc) is 2.67. The van der Waals surface area contributed by atoms with Crippen molar-refractivity contribution >= 4 is 15.9 Å². The van der Waals surface area contributed by atoms with Gasteiger partial charge in [-0.1, -0.05) is 6.07 Å². The second-order valence-electron chi connectivity index (χ2n) is 4.40. The number of nitrogens with zero attached hydrogens (tertiary/aromatic N) is 2. The van der Waals surface area contributed by atoms with Gasteiger partial charge in [-0.05, 0) is 60.8 Å². The first-order chi connectivity index (χ1) is 7.18. The summed E-state index contributed by atoms with van der Waals surface area (Å²) in [6.07, 6.45) is 4.57. The number of halogens is 1. The van der Waals surface area contributed by atoms with E-state index in [1.807, 2.05) is 12.3 Å². The SMILES string of the molecule is CC(C)N1CCC[C@@H]1c1ccc(Br)nc1. The number of likely N-dealkylation sites (tertiary alicyclic amines) is 1. The lowest BCUT2D eigenvalue weighted by Gasteiger charge is -2.28. The number of pyridine rings is 1. The third-order valence-electron chi connectivity index (χ3n) is 3.09. The van der Waals surface area contributed by atoms with Crippen LogP contribution < -0.4 is 0 Å². The van der Waals surface area contributed by atoms with Gasteiger partial charge in [0, 0.05) is 18.3 Å². The smallest absolute Gasteiger partial charge is 0.106 e. The van der Waals surface area contributed by atoms with Gasteiger partial charge in [-0.15, -0.1) is 0 Å². The molecule has 1 saturated heterocycles. The molecule has 15 heavy (non-hydrogen) atoms. The number of hydrogen-bond donors (Lipinski definition) is 0. The molecule has 0 aliphatic carbocycles. The molecule has 0 radical (unpaired) electrons. The van der Waals surface area contributed by atoms with Crippen molar-refractivity contribution in [2.24, 2.45) is 0 Å². The summed E-state index contributed by atoms with van der Waals surface area (Å²) in [6, 6.07) is 5.42. The standard InChI is InChI=1S/C12H17BrN2/c1-9(2)15-7-3-4-11(15)10-5-6-12(13)14-8-10/h5-6,8-9,11H,3-4,7H2,1-2H3/t11-/m1/s1. The molecule has 1 aliphatic heterocycles. The van der Waals surface area contributed by atoms with Crippen LogP contribution in [0.5, 0.6) is 0 Å². The van der Waals surface area contributed by atoms with Gasteiger partial charge in [-0.3, -0.25) is 4.90 Å². The highest BCUT2D eigenvalue weighted by Crippen LogP contribution is 2.33. The van der Waals surface area contributed by atoms with Gasteiger partial charge in [0.25, 0.3) is 0 Å². The van der Waals surface area contributed by atoms with Crippen molar-refractivity contribution in [2.75, 3.05) is 6.54 Å². The molecule has 0 spiro atoms. The fourth-order valence-corrected chi connectivity index (χ4v) is 2.58. The second kappa shape index (κ2) is 4.62. The summed E-state index contributed by atoms with van der Waals surface area (Å²) in [7, 11) is 0. The Balaban J connectivity index is 2.19. The van der Waals surface area contributed by atoms with Crippen molar-refractivity contribution in [3.05, 3.63) is 28.5 Å². The van der Waals surface area contributed by atoms with Crippen LogP contribution in [-0.4, -0.2) is 22.5 Å². The molecule has 0 bridgehead atoms. The number of aromatic nitrogens is 1. The Bertz CT molecular complexity index is 321. The summed E-state index contributed by atoms with van der Waals surface area (Å²) in [5.41, 5.74) is 1.35. The van der Waals surface area contributed by atoms with Gasteiger partial charge in [0.05, 0.1) is 0 Å². The Hall–Kier alpha value is -0.410. The van der Waals surface area contributed by atoms with Crippen molar-refractivity contribution in [2.45, 2.75) is 38.8 Å². The average molecular weight is 269 g/mol. The molecule has 3 heteroatoms. The summed E-state index contributed by atoms with van der Waals surface area (Å²) < 4.78 is 0.917. The number of rotatable bonds is 2. The number of hydrogen-bond acceptors (Lipinski definition) is 2. The van der Waals surface area contributed by atoms with E-state index < -0.39 is 0 Å². The molecule has 2 heterocycles. The lowest BCUT2D eigenvalue weighted by molar-refractivity contribution is 0.205. The van der Waals surface area contributed by atoms with Crippen molar-refractivity contribution in [3.8, 4) is 0 Å². The Kier molecular flexibility index (Phi) is 3.42. The van der Waals surface area contributed by atoms with Crippen molar-refractivity contribution in [1.82, 2.24) is 9.88 Å². The van der Waals surface area contributed by atoms with Gasteiger partial charge in [-0.25, -0.2) is 4.98 Å². The van der Waals surface area contributed by atoms with Crippen LogP contribution in [0.1, 0.15) is 38.3 Å². The first-order valence-corrected chi connectivity index (χ1v) is 6.35. The van der Waals surface area contributed by atoms with E-state index >= 15 is 0 Å². The molecule has 1 atom stereocenters. The van der Waals surface area contributed by atoms with Gasteiger partial charge < -0.3 is 0 Å². The minimum Gasteiger partial charge on any atom is -0.294 e. The quantitative estimate of drug-likeness (QED) is 0.765. The molecule has 82 valence electrons. The minimum absolute atomic E-state index is 0.575. The summed E-state index contributed by atoms with van der Waals surface area (Å²) in [6.45, 7) is 5.76. The molecule has 2 nitrogen and oxygen atoms in total. The predicted octanol–water partition coefficient (Wildman–Crippen LogP) is 3.39. The fraction of sp³-hybridized carbons (Fsp3) is 0.583. The lowest BCUT2D eigenvalue weighted by Crippen LogP contribution is -2.30. The van der Waals surface area contributed by atoms with Crippen LogP contribution >= 0.6 is 15.9 Å². The van der Waals surface area contributed by atoms with Gasteiger partial charge in [-0.2, -0.15) is 0 Å². The van der Waals surface area contributed by atoms with Crippen molar-refractivity contribution < 1.29 is 0 Å². The molecule has 1 aromatic heterocycles. The lowest BCUT2D eigenvalue weighted by atomic mass is 10.1. The van der Waals surface area contributed by atoms with E-state index in [2.05, 4.69) is 45.7 Å².